The molecule has 2 rings (SSSR count). The number of aromatic amines is 1. The maximum absolute atomic E-state index is 11.3. The number of halogens is 1. The largest absolute Gasteiger partial charge is 0.478 e. The zero-order chi connectivity index (χ0) is 13.1. The van der Waals surface area contributed by atoms with Crippen molar-refractivity contribution in [3.8, 4) is 0 Å². The second-order valence-electron chi connectivity index (χ2n) is 3.59. The van der Waals surface area contributed by atoms with Crippen LogP contribution >= 0.6 is 11.6 Å². The van der Waals surface area contributed by atoms with Crippen molar-refractivity contribution < 1.29 is 9.90 Å². The molecule has 0 unspecified atom stereocenters. The Hall–Kier alpha value is -2.27. The number of H-pyrrole nitrogens is 1. The molecule has 0 aliphatic carbocycles. The van der Waals surface area contributed by atoms with Crippen molar-refractivity contribution in [2.75, 3.05) is 5.32 Å². The van der Waals surface area contributed by atoms with Gasteiger partial charge in [-0.25, -0.2) is 4.79 Å². The minimum absolute atomic E-state index is 0.0803. The summed E-state index contributed by atoms with van der Waals surface area (Å²) >= 11 is 5.82. The predicted octanol–water partition coefficient (Wildman–Crippen LogP) is 2.47. The topological polar surface area (TPSA) is 82.2 Å². The van der Waals surface area contributed by atoms with Crippen LogP contribution in [0.2, 0.25) is 5.02 Å². The van der Waals surface area contributed by atoms with Gasteiger partial charge in [-0.3, -0.25) is 4.79 Å². The molecule has 0 spiro atoms. The maximum Gasteiger partial charge on any atom is 0.336 e. The third-order valence-corrected chi connectivity index (χ3v) is 2.43. The Bertz CT molecular complexity index is 652. The number of carbonyl (C=O) groups is 1. The molecular weight excluding hydrogens is 256 g/mol. The number of aromatic carboxylic acids is 1. The fraction of sp³-hybridized carbons (Fsp3) is 0. The smallest absolute Gasteiger partial charge is 0.336 e. The van der Waals surface area contributed by atoms with E-state index in [9.17, 15) is 9.59 Å². The van der Waals surface area contributed by atoms with Crippen LogP contribution in [0, 0.1) is 0 Å². The lowest BCUT2D eigenvalue weighted by molar-refractivity contribution is 0.0696. The maximum atomic E-state index is 11.3. The fourth-order valence-corrected chi connectivity index (χ4v) is 1.65. The summed E-state index contributed by atoms with van der Waals surface area (Å²) in [6.45, 7) is 0. The minimum atomic E-state index is -1.16. The molecule has 0 saturated heterocycles. The van der Waals surface area contributed by atoms with Gasteiger partial charge in [0.15, 0.2) is 0 Å². The second kappa shape index (κ2) is 4.93. The zero-order valence-corrected chi connectivity index (χ0v) is 9.86. The van der Waals surface area contributed by atoms with Gasteiger partial charge in [-0.1, -0.05) is 17.7 Å². The van der Waals surface area contributed by atoms with Gasteiger partial charge in [0.2, 0.25) is 5.56 Å². The molecule has 0 radical (unpaired) electrons. The number of benzene rings is 1. The number of carboxylic acid groups (broad SMARTS) is 1. The first-order valence-electron chi connectivity index (χ1n) is 5.05. The SMILES string of the molecule is O=C(O)c1cc(Nc2cccc(Cl)c2)[nH]c(=O)c1. The van der Waals surface area contributed by atoms with Gasteiger partial charge >= 0.3 is 5.97 Å². The Labute approximate surface area is 107 Å². The molecule has 1 aromatic heterocycles. The third-order valence-electron chi connectivity index (χ3n) is 2.19. The summed E-state index contributed by atoms with van der Waals surface area (Å²) in [6.07, 6.45) is 0. The normalized spacial score (nSPS) is 10.1. The number of anilines is 2. The molecule has 1 aromatic carbocycles. The molecule has 0 aliphatic rings. The Morgan fingerprint density at radius 3 is 2.72 bits per heavy atom. The van der Waals surface area contributed by atoms with Crippen LogP contribution in [0.4, 0.5) is 11.5 Å². The Morgan fingerprint density at radius 2 is 2.06 bits per heavy atom. The molecule has 0 fully saturated rings. The van der Waals surface area contributed by atoms with Gasteiger partial charge in [-0.05, 0) is 24.3 Å². The average molecular weight is 265 g/mol. The number of pyridine rings is 1. The molecule has 1 heterocycles. The lowest BCUT2D eigenvalue weighted by atomic mass is 10.2. The van der Waals surface area contributed by atoms with Crippen molar-refractivity contribution in [2.24, 2.45) is 0 Å². The summed E-state index contributed by atoms with van der Waals surface area (Å²) in [5.74, 6) is -0.864. The van der Waals surface area contributed by atoms with E-state index in [4.69, 9.17) is 16.7 Å². The second-order valence-corrected chi connectivity index (χ2v) is 4.02. The quantitative estimate of drug-likeness (QED) is 0.795. The molecule has 0 atom stereocenters. The molecule has 0 amide bonds. The summed E-state index contributed by atoms with van der Waals surface area (Å²) < 4.78 is 0. The Morgan fingerprint density at radius 1 is 1.28 bits per heavy atom. The summed E-state index contributed by atoms with van der Waals surface area (Å²) in [5, 5.41) is 12.3. The molecule has 18 heavy (non-hydrogen) atoms. The van der Waals surface area contributed by atoms with Crippen molar-refractivity contribution in [3.05, 3.63) is 57.3 Å². The van der Waals surface area contributed by atoms with E-state index in [2.05, 4.69) is 10.3 Å². The molecule has 0 aliphatic heterocycles. The van der Waals surface area contributed by atoms with Crippen LogP contribution in [0.25, 0.3) is 0 Å². The highest BCUT2D eigenvalue weighted by atomic mass is 35.5. The van der Waals surface area contributed by atoms with E-state index in [-0.39, 0.29) is 5.56 Å². The Balaban J connectivity index is 2.34. The van der Waals surface area contributed by atoms with Crippen molar-refractivity contribution in [1.29, 1.82) is 0 Å². The summed E-state index contributed by atoms with van der Waals surface area (Å²) in [5.41, 5.74) is 0.0865. The molecule has 6 heteroatoms. The molecular formula is C12H9ClN2O3. The lowest BCUT2D eigenvalue weighted by Gasteiger charge is -2.06. The first kappa shape index (κ1) is 12.2. The first-order valence-corrected chi connectivity index (χ1v) is 5.42. The van der Waals surface area contributed by atoms with Crippen LogP contribution in [-0.2, 0) is 0 Å². The van der Waals surface area contributed by atoms with E-state index in [1.165, 1.54) is 6.07 Å². The van der Waals surface area contributed by atoms with E-state index in [0.29, 0.717) is 16.5 Å². The third kappa shape index (κ3) is 2.89. The van der Waals surface area contributed by atoms with Gasteiger partial charge < -0.3 is 15.4 Å². The van der Waals surface area contributed by atoms with Gasteiger partial charge in [0.1, 0.15) is 5.82 Å². The van der Waals surface area contributed by atoms with Crippen LogP contribution < -0.4 is 10.9 Å². The van der Waals surface area contributed by atoms with Crippen LogP contribution in [-0.4, -0.2) is 16.1 Å². The number of hydrogen-bond donors (Lipinski definition) is 3. The number of aromatic nitrogens is 1. The molecule has 5 nitrogen and oxygen atoms in total. The number of hydrogen-bond acceptors (Lipinski definition) is 3. The molecule has 0 bridgehead atoms. The standard InChI is InChI=1S/C12H9ClN2O3/c13-8-2-1-3-9(6-8)14-10-4-7(12(17)18)5-11(16)15-10/h1-6H,(H,17,18)(H2,14,15,16). The van der Waals surface area contributed by atoms with E-state index >= 15 is 0 Å². The summed E-state index contributed by atoms with van der Waals surface area (Å²) in [4.78, 5) is 24.6. The van der Waals surface area contributed by atoms with E-state index in [1.54, 1.807) is 24.3 Å². The van der Waals surface area contributed by atoms with Crippen molar-refractivity contribution in [3.63, 3.8) is 0 Å². The average Bonchev–Trinajstić information content (AvgIpc) is 2.28. The van der Waals surface area contributed by atoms with Crippen molar-refractivity contribution in [1.82, 2.24) is 4.98 Å². The number of nitrogens with one attached hydrogen (secondary N) is 2. The highest BCUT2D eigenvalue weighted by Gasteiger charge is 2.06. The highest BCUT2D eigenvalue weighted by molar-refractivity contribution is 6.30. The van der Waals surface area contributed by atoms with Gasteiger partial charge in [0.05, 0.1) is 5.56 Å². The number of carboxylic acids is 1. The van der Waals surface area contributed by atoms with Crippen molar-refractivity contribution in [2.45, 2.75) is 0 Å². The summed E-state index contributed by atoms with van der Waals surface area (Å²) in [7, 11) is 0. The minimum Gasteiger partial charge on any atom is -0.478 e. The van der Waals surface area contributed by atoms with Gasteiger partial charge in [-0.15, -0.1) is 0 Å². The number of rotatable bonds is 3. The predicted molar refractivity (Wildman–Crippen MR) is 68.8 cm³/mol. The van der Waals surface area contributed by atoms with E-state index in [1.807, 2.05) is 0 Å². The molecule has 92 valence electrons. The zero-order valence-electron chi connectivity index (χ0n) is 9.11. The van der Waals surface area contributed by atoms with Gasteiger partial charge in [0, 0.05) is 16.8 Å². The Kier molecular flexibility index (Phi) is 3.34. The summed E-state index contributed by atoms with van der Waals surface area (Å²) in [6, 6.07) is 9.22. The van der Waals surface area contributed by atoms with E-state index in [0.717, 1.165) is 6.07 Å². The monoisotopic (exact) mass is 264 g/mol. The lowest BCUT2D eigenvalue weighted by Crippen LogP contribution is -2.11. The van der Waals surface area contributed by atoms with Crippen LogP contribution in [0.5, 0.6) is 0 Å². The van der Waals surface area contributed by atoms with Crippen LogP contribution in [0.3, 0.4) is 0 Å². The molecule has 3 N–H and O–H groups in total. The fourth-order valence-electron chi connectivity index (χ4n) is 1.46. The van der Waals surface area contributed by atoms with Crippen LogP contribution in [0.1, 0.15) is 10.4 Å². The van der Waals surface area contributed by atoms with Gasteiger partial charge in [0.25, 0.3) is 0 Å². The van der Waals surface area contributed by atoms with E-state index < -0.39 is 11.5 Å². The van der Waals surface area contributed by atoms with Crippen molar-refractivity contribution >= 4 is 29.1 Å². The molecule has 2 aromatic rings. The van der Waals surface area contributed by atoms with Gasteiger partial charge in [-0.2, -0.15) is 0 Å². The molecule has 0 saturated carbocycles. The highest BCUT2D eigenvalue weighted by Crippen LogP contribution is 2.18. The van der Waals surface area contributed by atoms with Crippen LogP contribution in [0.15, 0.2) is 41.2 Å². The first-order chi connectivity index (χ1) is 8.54.